The van der Waals surface area contributed by atoms with Gasteiger partial charge >= 0.3 is 0 Å². The highest BCUT2D eigenvalue weighted by Crippen LogP contribution is 2.38. The average Bonchev–Trinajstić information content (AvgIpc) is 2.68. The summed E-state index contributed by atoms with van der Waals surface area (Å²) in [6, 6.07) is 9.85. The maximum Gasteiger partial charge on any atom is 0.0951 e. The van der Waals surface area contributed by atoms with Gasteiger partial charge in [0.15, 0.2) is 0 Å². The Balaban J connectivity index is 1.86. The molecule has 0 amide bonds. The van der Waals surface area contributed by atoms with Gasteiger partial charge in [-0.15, -0.1) is 0 Å². The van der Waals surface area contributed by atoms with Crippen LogP contribution in [0.1, 0.15) is 50.3 Å². The van der Waals surface area contributed by atoms with E-state index in [0.717, 1.165) is 12.0 Å². The van der Waals surface area contributed by atoms with Crippen LogP contribution < -0.4 is 0 Å². The van der Waals surface area contributed by atoms with Gasteiger partial charge in [-0.25, -0.2) is 0 Å². The van der Waals surface area contributed by atoms with Gasteiger partial charge < -0.3 is 5.11 Å². The van der Waals surface area contributed by atoms with Crippen molar-refractivity contribution < 1.29 is 5.11 Å². The van der Waals surface area contributed by atoms with E-state index in [1.54, 1.807) is 0 Å². The van der Waals surface area contributed by atoms with Gasteiger partial charge in [0.2, 0.25) is 0 Å². The molecule has 1 aromatic carbocycles. The topological polar surface area (TPSA) is 23.5 Å². The molecule has 0 saturated carbocycles. The molecule has 3 rings (SSSR count). The minimum atomic E-state index is -0.302. The number of nitrogens with zero attached hydrogens (tertiary/aromatic N) is 1. The van der Waals surface area contributed by atoms with Crippen molar-refractivity contribution in [3.63, 3.8) is 0 Å². The van der Waals surface area contributed by atoms with Gasteiger partial charge in [0.1, 0.15) is 0 Å². The third-order valence-corrected chi connectivity index (χ3v) is 4.81. The van der Waals surface area contributed by atoms with Crippen LogP contribution in [0.25, 0.3) is 0 Å². The third kappa shape index (κ3) is 1.88. The molecule has 0 unspecified atom stereocenters. The fraction of sp³-hybridized carbons (Fsp3) is 0.625. The van der Waals surface area contributed by atoms with Crippen LogP contribution in [0.4, 0.5) is 0 Å². The number of hydrogen-bond donors (Lipinski definition) is 1. The Morgan fingerprint density at radius 1 is 1.11 bits per heavy atom. The summed E-state index contributed by atoms with van der Waals surface area (Å²) in [5, 5.41) is 10.6. The molecule has 1 heterocycles. The lowest BCUT2D eigenvalue weighted by Crippen LogP contribution is -2.51. The number of aliphatic hydroxyl groups is 1. The van der Waals surface area contributed by atoms with E-state index in [1.165, 1.54) is 24.8 Å². The Bertz CT molecular complexity index is 421. The summed E-state index contributed by atoms with van der Waals surface area (Å²) >= 11 is 0. The van der Waals surface area contributed by atoms with Gasteiger partial charge in [-0.3, -0.25) is 4.90 Å². The molecule has 0 bridgehead atoms. The second-order valence-electron chi connectivity index (χ2n) is 5.99. The Morgan fingerprint density at radius 3 is 2.44 bits per heavy atom. The number of likely N-dealkylation sites (tertiary alicyclic amines) is 1. The summed E-state index contributed by atoms with van der Waals surface area (Å²) in [5.74, 6) is 0. The minimum absolute atomic E-state index is 0.285. The van der Waals surface area contributed by atoms with Crippen LogP contribution in [0, 0.1) is 0 Å². The second kappa shape index (κ2) is 4.67. The molecule has 1 fully saturated rings. The van der Waals surface area contributed by atoms with Gasteiger partial charge in [-0.05, 0) is 44.2 Å². The normalized spacial score (nSPS) is 36.6. The number of piperidine rings is 1. The lowest BCUT2D eigenvalue weighted by atomic mass is 9.93. The molecular formula is C16H23NO. The molecule has 1 N–H and O–H groups in total. The summed E-state index contributed by atoms with van der Waals surface area (Å²) in [4.78, 5) is 2.56. The average molecular weight is 245 g/mol. The first-order valence-electron chi connectivity index (χ1n) is 7.22. The van der Waals surface area contributed by atoms with E-state index in [4.69, 9.17) is 0 Å². The summed E-state index contributed by atoms with van der Waals surface area (Å²) in [6.45, 7) is 4.62. The molecule has 18 heavy (non-hydrogen) atoms. The molecule has 98 valence electrons. The second-order valence-corrected chi connectivity index (χ2v) is 5.99. The maximum absolute atomic E-state index is 10.6. The molecule has 0 spiro atoms. The predicted molar refractivity (Wildman–Crippen MR) is 73.5 cm³/mol. The largest absolute Gasteiger partial charge is 0.387 e. The fourth-order valence-corrected chi connectivity index (χ4v) is 3.92. The molecule has 2 heteroatoms. The van der Waals surface area contributed by atoms with Crippen LogP contribution in [0.15, 0.2) is 24.3 Å². The van der Waals surface area contributed by atoms with E-state index in [9.17, 15) is 5.11 Å². The number of fused-ring (bicyclic) bond motifs is 1. The zero-order valence-corrected chi connectivity index (χ0v) is 11.3. The SMILES string of the molecule is C[C@@H]1CCC[C@H](C)N1[C@@H]1Cc2ccccc2[C@@H]1O. The fourth-order valence-electron chi connectivity index (χ4n) is 3.92. The van der Waals surface area contributed by atoms with Crippen molar-refractivity contribution in [3.05, 3.63) is 35.4 Å². The first kappa shape index (κ1) is 12.2. The van der Waals surface area contributed by atoms with E-state index in [-0.39, 0.29) is 12.1 Å². The third-order valence-electron chi connectivity index (χ3n) is 4.81. The first-order valence-corrected chi connectivity index (χ1v) is 7.22. The number of rotatable bonds is 1. The molecule has 1 aliphatic heterocycles. The molecule has 0 aromatic heterocycles. The minimum Gasteiger partial charge on any atom is -0.387 e. The van der Waals surface area contributed by atoms with Crippen molar-refractivity contribution >= 4 is 0 Å². The standard InChI is InChI=1S/C16H23NO/c1-11-6-5-7-12(2)17(11)15-10-13-8-3-4-9-14(13)16(15)18/h3-4,8-9,11-12,15-16,18H,5-7,10H2,1-2H3/t11-,12+,15-,16+/m1/s1. The summed E-state index contributed by atoms with van der Waals surface area (Å²) < 4.78 is 0. The smallest absolute Gasteiger partial charge is 0.0951 e. The molecule has 0 radical (unpaired) electrons. The van der Waals surface area contributed by atoms with Crippen molar-refractivity contribution in [2.24, 2.45) is 0 Å². The monoisotopic (exact) mass is 245 g/mol. The van der Waals surface area contributed by atoms with Crippen LogP contribution in [-0.2, 0) is 6.42 Å². The van der Waals surface area contributed by atoms with Crippen molar-refractivity contribution in [2.45, 2.75) is 63.8 Å². The number of benzene rings is 1. The number of aliphatic hydroxyl groups excluding tert-OH is 1. The van der Waals surface area contributed by atoms with E-state index in [0.29, 0.717) is 12.1 Å². The Morgan fingerprint density at radius 2 is 1.78 bits per heavy atom. The van der Waals surface area contributed by atoms with Gasteiger partial charge in [-0.1, -0.05) is 30.7 Å². The van der Waals surface area contributed by atoms with Crippen LogP contribution in [0.2, 0.25) is 0 Å². The highest BCUT2D eigenvalue weighted by atomic mass is 16.3. The highest BCUT2D eigenvalue weighted by Gasteiger charge is 2.39. The van der Waals surface area contributed by atoms with Crippen molar-refractivity contribution in [1.82, 2.24) is 4.90 Å². The Labute approximate surface area is 110 Å². The molecule has 1 saturated heterocycles. The maximum atomic E-state index is 10.6. The van der Waals surface area contributed by atoms with Gasteiger partial charge in [0.05, 0.1) is 6.10 Å². The zero-order chi connectivity index (χ0) is 12.7. The van der Waals surface area contributed by atoms with Crippen LogP contribution >= 0.6 is 0 Å². The molecule has 2 nitrogen and oxygen atoms in total. The molecule has 1 aliphatic carbocycles. The Kier molecular flexibility index (Phi) is 3.16. The van der Waals surface area contributed by atoms with Gasteiger partial charge in [0, 0.05) is 18.1 Å². The molecule has 4 atom stereocenters. The zero-order valence-electron chi connectivity index (χ0n) is 11.3. The van der Waals surface area contributed by atoms with Crippen molar-refractivity contribution in [2.75, 3.05) is 0 Å². The summed E-state index contributed by atoms with van der Waals surface area (Å²) in [6.07, 6.45) is 4.57. The van der Waals surface area contributed by atoms with E-state index < -0.39 is 0 Å². The quantitative estimate of drug-likeness (QED) is 0.822. The van der Waals surface area contributed by atoms with Gasteiger partial charge in [0.25, 0.3) is 0 Å². The lowest BCUT2D eigenvalue weighted by molar-refractivity contribution is -0.00749. The summed E-state index contributed by atoms with van der Waals surface area (Å²) in [7, 11) is 0. The van der Waals surface area contributed by atoms with Crippen molar-refractivity contribution in [3.8, 4) is 0 Å². The van der Waals surface area contributed by atoms with Crippen LogP contribution in [-0.4, -0.2) is 28.1 Å². The molecule has 1 aromatic rings. The van der Waals surface area contributed by atoms with E-state index >= 15 is 0 Å². The van der Waals surface area contributed by atoms with E-state index in [2.05, 4.69) is 36.9 Å². The highest BCUT2D eigenvalue weighted by molar-refractivity contribution is 5.36. The van der Waals surface area contributed by atoms with Crippen molar-refractivity contribution in [1.29, 1.82) is 0 Å². The number of hydrogen-bond acceptors (Lipinski definition) is 2. The molecular weight excluding hydrogens is 222 g/mol. The van der Waals surface area contributed by atoms with Crippen LogP contribution in [0.5, 0.6) is 0 Å². The predicted octanol–water partition coefficient (Wildman–Crippen LogP) is 2.91. The first-order chi connectivity index (χ1) is 8.68. The summed E-state index contributed by atoms with van der Waals surface area (Å²) in [5.41, 5.74) is 2.48. The van der Waals surface area contributed by atoms with Gasteiger partial charge in [-0.2, -0.15) is 0 Å². The molecule has 2 aliphatic rings. The lowest BCUT2D eigenvalue weighted by Gasteiger charge is -2.44. The van der Waals surface area contributed by atoms with Crippen LogP contribution in [0.3, 0.4) is 0 Å². The van der Waals surface area contributed by atoms with E-state index in [1.807, 2.05) is 6.07 Å². The Hall–Kier alpha value is -0.860.